The monoisotopic (exact) mass is 546 g/mol. The van der Waals surface area contributed by atoms with Crippen LogP contribution < -0.4 is 15.8 Å². The maximum atomic E-state index is 13.2. The van der Waals surface area contributed by atoms with Crippen LogP contribution in [0, 0.1) is 5.41 Å². The topological polar surface area (TPSA) is 178 Å². The molecule has 0 aliphatic carbocycles. The zero-order valence-electron chi connectivity index (χ0n) is 22.2. The molecule has 2 aromatic carbocycles. The van der Waals surface area contributed by atoms with Crippen LogP contribution in [0.1, 0.15) is 63.9 Å². The molecule has 0 aromatic heterocycles. The Morgan fingerprint density at radius 2 is 1.50 bits per heavy atom. The van der Waals surface area contributed by atoms with Crippen LogP contribution in [0.4, 0.5) is 5.69 Å². The number of carbonyl (C=O) groups is 3. The summed E-state index contributed by atoms with van der Waals surface area (Å²) in [7, 11) is -4.37. The van der Waals surface area contributed by atoms with Crippen LogP contribution in [0.5, 0.6) is 0 Å². The first kappa shape index (κ1) is 30.5. The molecule has 11 nitrogen and oxygen atoms in total. The third kappa shape index (κ3) is 9.60. The number of amidine groups is 1. The maximum Gasteiger partial charge on any atom is 0.325 e. The van der Waals surface area contributed by atoms with Gasteiger partial charge >= 0.3 is 11.9 Å². The molecule has 1 atom stereocenters. The molecule has 38 heavy (non-hydrogen) atoms. The lowest BCUT2D eigenvalue weighted by molar-refractivity contribution is -0.164. The summed E-state index contributed by atoms with van der Waals surface area (Å²) in [6.45, 7) is 9.77. The highest BCUT2D eigenvalue weighted by Gasteiger charge is 2.33. The number of sulfonamides is 1. The minimum atomic E-state index is -4.37. The van der Waals surface area contributed by atoms with Crippen LogP contribution in [-0.2, 0) is 29.1 Å². The van der Waals surface area contributed by atoms with E-state index < -0.39 is 51.5 Å². The van der Waals surface area contributed by atoms with Gasteiger partial charge in [-0.15, -0.1) is 0 Å². The van der Waals surface area contributed by atoms with Crippen LogP contribution in [0.25, 0.3) is 0 Å². The predicted molar refractivity (Wildman–Crippen MR) is 142 cm³/mol. The van der Waals surface area contributed by atoms with Gasteiger partial charge < -0.3 is 20.5 Å². The fourth-order valence-electron chi connectivity index (χ4n) is 3.09. The molecule has 0 aliphatic heterocycles. The molecule has 206 valence electrons. The van der Waals surface area contributed by atoms with Crippen LogP contribution in [0.3, 0.4) is 0 Å². The summed E-state index contributed by atoms with van der Waals surface area (Å²) in [4.78, 5) is 37.6. The summed E-state index contributed by atoms with van der Waals surface area (Å²) in [5, 5.41) is 10.1. The van der Waals surface area contributed by atoms with Crippen molar-refractivity contribution in [2.45, 2.75) is 70.1 Å². The Labute approximate surface area is 222 Å². The third-order valence-corrected chi connectivity index (χ3v) is 6.11. The molecule has 5 N–H and O–H groups in total. The van der Waals surface area contributed by atoms with E-state index in [4.69, 9.17) is 20.6 Å². The molecular weight excluding hydrogens is 512 g/mol. The predicted octanol–water partition coefficient (Wildman–Crippen LogP) is 2.94. The van der Waals surface area contributed by atoms with Gasteiger partial charge in [0, 0.05) is 16.8 Å². The fourth-order valence-corrected chi connectivity index (χ4v) is 4.32. The number of amides is 1. The molecule has 12 heteroatoms. The Morgan fingerprint density at radius 1 is 0.921 bits per heavy atom. The van der Waals surface area contributed by atoms with Gasteiger partial charge in [0.25, 0.3) is 5.91 Å². The number of hydrogen-bond donors (Lipinski definition) is 4. The van der Waals surface area contributed by atoms with Crippen LogP contribution in [-0.4, -0.2) is 49.3 Å². The zero-order valence-corrected chi connectivity index (χ0v) is 23.1. The highest BCUT2D eigenvalue weighted by molar-refractivity contribution is 7.89. The number of rotatable bonds is 9. The Bertz CT molecular complexity index is 1310. The van der Waals surface area contributed by atoms with E-state index in [0.29, 0.717) is 11.3 Å². The number of carbonyl (C=O) groups excluding carboxylic acids is 3. The van der Waals surface area contributed by atoms with Crippen molar-refractivity contribution in [3.63, 3.8) is 0 Å². The molecule has 2 aromatic rings. The highest BCUT2D eigenvalue weighted by atomic mass is 32.2. The van der Waals surface area contributed by atoms with Gasteiger partial charge in [0.15, 0.2) is 0 Å². The molecule has 0 spiro atoms. The Kier molecular flexibility index (Phi) is 9.41. The summed E-state index contributed by atoms with van der Waals surface area (Å²) in [5.41, 5.74) is 4.57. The molecular formula is C26H34N4O7S. The molecule has 0 fully saturated rings. The second-order valence-corrected chi connectivity index (χ2v) is 12.2. The van der Waals surface area contributed by atoms with Crippen molar-refractivity contribution in [3.05, 3.63) is 59.7 Å². The van der Waals surface area contributed by atoms with Gasteiger partial charge in [-0.25, -0.2) is 8.42 Å². The number of nitrogens with two attached hydrogens (primary N) is 1. The molecule has 0 aliphatic rings. The van der Waals surface area contributed by atoms with E-state index in [1.807, 2.05) is 0 Å². The Morgan fingerprint density at radius 3 is 2.03 bits per heavy atom. The number of nitrogens with one attached hydrogen (secondary N) is 3. The van der Waals surface area contributed by atoms with E-state index in [2.05, 4.69) is 10.0 Å². The van der Waals surface area contributed by atoms with Crippen molar-refractivity contribution in [3.8, 4) is 0 Å². The quantitative estimate of drug-likeness (QED) is 0.211. The molecule has 1 amide bonds. The molecule has 0 heterocycles. The summed E-state index contributed by atoms with van der Waals surface area (Å²) < 4.78 is 39.1. The number of esters is 2. The second kappa shape index (κ2) is 11.7. The van der Waals surface area contributed by atoms with Crippen molar-refractivity contribution < 1.29 is 32.3 Å². The number of hydrogen-bond acceptors (Lipinski definition) is 8. The van der Waals surface area contributed by atoms with E-state index in [1.165, 1.54) is 18.2 Å². The minimum Gasteiger partial charge on any atom is -0.460 e. The van der Waals surface area contributed by atoms with E-state index in [-0.39, 0.29) is 16.3 Å². The van der Waals surface area contributed by atoms with Gasteiger partial charge in [-0.3, -0.25) is 19.8 Å². The molecule has 0 bridgehead atoms. The average molecular weight is 547 g/mol. The summed E-state index contributed by atoms with van der Waals surface area (Å²) in [5.74, 6) is -2.45. The third-order valence-electron chi connectivity index (χ3n) is 4.64. The van der Waals surface area contributed by atoms with Crippen LogP contribution >= 0.6 is 0 Å². The van der Waals surface area contributed by atoms with E-state index in [9.17, 15) is 22.8 Å². The molecule has 0 saturated carbocycles. The Hall–Kier alpha value is -3.77. The van der Waals surface area contributed by atoms with Crippen molar-refractivity contribution in [1.82, 2.24) is 4.72 Å². The average Bonchev–Trinajstić information content (AvgIpc) is 2.76. The molecule has 2 rings (SSSR count). The van der Waals surface area contributed by atoms with Crippen molar-refractivity contribution in [1.29, 1.82) is 5.41 Å². The van der Waals surface area contributed by atoms with Crippen molar-refractivity contribution in [2.24, 2.45) is 5.73 Å². The van der Waals surface area contributed by atoms with Crippen molar-refractivity contribution >= 4 is 39.4 Å². The lowest BCUT2D eigenvalue weighted by atomic mass is 10.1. The number of ether oxygens (including phenoxy) is 2. The van der Waals surface area contributed by atoms with Gasteiger partial charge in [-0.1, -0.05) is 6.07 Å². The van der Waals surface area contributed by atoms with Crippen LogP contribution in [0.15, 0.2) is 53.4 Å². The fraction of sp³-hybridized carbons (Fsp3) is 0.385. The van der Waals surface area contributed by atoms with Gasteiger partial charge in [0.2, 0.25) is 10.0 Å². The van der Waals surface area contributed by atoms with E-state index in [0.717, 1.165) is 6.07 Å². The Balaban J connectivity index is 2.27. The number of benzene rings is 2. The van der Waals surface area contributed by atoms with Gasteiger partial charge in [-0.05, 0) is 84.0 Å². The standard InChI is InChI=1S/C26H34N4O7S/c1-25(2,3)36-21(31)15-20(24(33)37-26(4,5)6)30-38(34,35)19-9-7-8-17(14-19)23(32)29-18-12-10-16(11-13-18)22(27)28/h7-14,20,30H,15H2,1-6H3,(H3,27,28)(H,29,32)/t20-/m0/s1. The van der Waals surface area contributed by atoms with Gasteiger partial charge in [-0.2, -0.15) is 4.72 Å². The van der Waals surface area contributed by atoms with Gasteiger partial charge in [0.05, 0.1) is 11.3 Å². The lowest BCUT2D eigenvalue weighted by Crippen LogP contribution is -2.46. The summed E-state index contributed by atoms with van der Waals surface area (Å²) in [6.07, 6.45) is -0.595. The maximum absolute atomic E-state index is 13.2. The van der Waals surface area contributed by atoms with Crippen LogP contribution in [0.2, 0.25) is 0 Å². The molecule has 0 radical (unpaired) electrons. The summed E-state index contributed by atoms with van der Waals surface area (Å²) in [6, 6.07) is 9.85. The number of anilines is 1. The molecule has 0 unspecified atom stereocenters. The first-order valence-corrected chi connectivity index (χ1v) is 13.2. The first-order chi connectivity index (χ1) is 17.4. The van der Waals surface area contributed by atoms with E-state index >= 15 is 0 Å². The second-order valence-electron chi connectivity index (χ2n) is 10.5. The SMILES string of the molecule is CC(C)(C)OC(=O)C[C@H](NS(=O)(=O)c1cccc(C(=O)Nc2ccc(C(=N)N)cc2)c1)C(=O)OC(C)(C)C. The normalized spacial score (nSPS) is 12.8. The largest absolute Gasteiger partial charge is 0.460 e. The lowest BCUT2D eigenvalue weighted by Gasteiger charge is -2.25. The number of nitrogen functional groups attached to an aromatic ring is 1. The summed E-state index contributed by atoms with van der Waals surface area (Å²) >= 11 is 0. The smallest absolute Gasteiger partial charge is 0.325 e. The zero-order chi connectivity index (χ0) is 28.9. The van der Waals surface area contributed by atoms with Gasteiger partial charge in [0.1, 0.15) is 23.1 Å². The first-order valence-electron chi connectivity index (χ1n) is 11.7. The van der Waals surface area contributed by atoms with Crippen molar-refractivity contribution in [2.75, 3.05) is 5.32 Å². The minimum absolute atomic E-state index is 0.0319. The highest BCUT2D eigenvalue weighted by Crippen LogP contribution is 2.18. The molecule has 0 saturated heterocycles. The van der Waals surface area contributed by atoms with E-state index in [1.54, 1.807) is 65.8 Å².